The van der Waals surface area contributed by atoms with Gasteiger partial charge in [0.1, 0.15) is 6.61 Å². The van der Waals surface area contributed by atoms with Gasteiger partial charge in [-0.3, -0.25) is 0 Å². The van der Waals surface area contributed by atoms with E-state index in [2.05, 4.69) is 28.5 Å². The summed E-state index contributed by atoms with van der Waals surface area (Å²) in [5.74, 6) is -0.968. The molecule has 0 spiro atoms. The maximum Gasteiger partial charge on any atom is 0.335 e. The zero-order valence-electron chi connectivity index (χ0n) is 24.4. The van der Waals surface area contributed by atoms with Crippen LogP contribution in [0.4, 0.5) is 5.95 Å². The molecule has 0 amide bonds. The normalized spacial score (nSPS) is 12.2. The summed E-state index contributed by atoms with van der Waals surface area (Å²) >= 11 is 0. The fraction of sp³-hybridized carbons (Fsp3) is 0.281. The van der Waals surface area contributed by atoms with Crippen LogP contribution in [0.15, 0.2) is 83.8 Å². The highest BCUT2D eigenvalue weighted by molar-refractivity contribution is 7.92. The number of benzene rings is 3. The Morgan fingerprint density at radius 2 is 1.72 bits per heavy atom. The van der Waals surface area contributed by atoms with E-state index in [0.717, 1.165) is 34.7 Å². The fourth-order valence-corrected chi connectivity index (χ4v) is 5.57. The summed E-state index contributed by atoms with van der Waals surface area (Å²) in [5.41, 5.74) is 10.0. The number of sulfonamides is 1. The van der Waals surface area contributed by atoms with Crippen LogP contribution in [0, 0.1) is 12.8 Å². The first-order valence-electron chi connectivity index (χ1n) is 13.9. The largest absolute Gasteiger partial charge is 0.478 e. The second kappa shape index (κ2) is 14.2. The molecule has 4 N–H and O–H groups in total. The zero-order valence-corrected chi connectivity index (χ0v) is 25.2. The van der Waals surface area contributed by atoms with E-state index in [1.807, 2.05) is 55.5 Å². The quantitative estimate of drug-likeness (QED) is 0.171. The maximum absolute atomic E-state index is 13.3. The molecule has 0 unspecified atom stereocenters. The summed E-state index contributed by atoms with van der Waals surface area (Å²) in [7, 11) is -4.24. The summed E-state index contributed by atoms with van der Waals surface area (Å²) in [5, 5.41) is 9.32. The second-order valence-electron chi connectivity index (χ2n) is 10.6. The number of carbonyl (C=O) groups is 1. The molecule has 10 nitrogen and oxygen atoms in total. The summed E-state index contributed by atoms with van der Waals surface area (Å²) in [6.07, 6.45) is 0.734. The number of aromatic nitrogens is 2. The lowest BCUT2D eigenvalue weighted by Gasteiger charge is -2.17. The molecule has 0 radical (unpaired) electrons. The van der Waals surface area contributed by atoms with Crippen LogP contribution in [0.25, 0.3) is 11.3 Å². The first-order chi connectivity index (χ1) is 20.5. The molecule has 0 aliphatic heterocycles. The minimum absolute atomic E-state index is 0.139. The number of nitrogens with one attached hydrogen (secondary N) is 1. The van der Waals surface area contributed by atoms with E-state index >= 15 is 0 Å². The van der Waals surface area contributed by atoms with Gasteiger partial charge in [-0.1, -0.05) is 68.4 Å². The first kappa shape index (κ1) is 31.6. The van der Waals surface area contributed by atoms with Crippen molar-refractivity contribution in [2.45, 2.75) is 51.3 Å². The molecule has 1 heterocycles. The summed E-state index contributed by atoms with van der Waals surface area (Å²) in [4.78, 5) is 20.0. The van der Waals surface area contributed by atoms with Crippen LogP contribution in [-0.4, -0.2) is 42.1 Å². The Hall–Kier alpha value is -4.32. The minimum Gasteiger partial charge on any atom is -0.478 e. The third kappa shape index (κ3) is 8.84. The topological polar surface area (TPSA) is 154 Å². The number of ether oxygens (including phenoxy) is 2. The molecule has 11 heteroatoms. The molecule has 4 aromatic rings. The van der Waals surface area contributed by atoms with Crippen molar-refractivity contribution in [1.82, 2.24) is 9.97 Å². The average molecular weight is 605 g/mol. The smallest absolute Gasteiger partial charge is 0.335 e. The molecule has 0 aliphatic carbocycles. The van der Waals surface area contributed by atoms with E-state index in [0.29, 0.717) is 18.2 Å². The average Bonchev–Trinajstić information content (AvgIpc) is 2.96. The predicted octanol–water partition coefficient (Wildman–Crippen LogP) is 5.42. The van der Waals surface area contributed by atoms with Gasteiger partial charge in [-0.15, -0.1) is 0 Å². The van der Waals surface area contributed by atoms with E-state index < -0.39 is 16.0 Å². The molecule has 0 saturated heterocycles. The van der Waals surface area contributed by atoms with Crippen LogP contribution in [-0.2, 0) is 28.0 Å². The minimum atomic E-state index is -4.24. The van der Waals surface area contributed by atoms with Gasteiger partial charge >= 0.3 is 5.97 Å². The second-order valence-corrected chi connectivity index (χ2v) is 12.3. The van der Waals surface area contributed by atoms with Crippen molar-refractivity contribution in [3.05, 3.63) is 101 Å². The molecule has 226 valence electrons. The monoisotopic (exact) mass is 604 g/mol. The summed E-state index contributed by atoms with van der Waals surface area (Å²) < 4.78 is 40.9. The standard InChI is InChI=1S/C32H36N4O6S/c1-21(2)15-26(33)20-42-29-17-28(30-22(3)9-7-13-25(30)19-41-18-23-10-5-4-6-11-23)34-32(35-29)36-43(39,40)27-14-8-12-24(16-27)31(37)38/h4-14,16-17,21,26H,15,18-20,33H2,1-3H3,(H,37,38)(H,34,35,36)/t26-/m1/s1. The molecular weight excluding hydrogens is 568 g/mol. The van der Waals surface area contributed by atoms with Crippen molar-refractivity contribution in [3.63, 3.8) is 0 Å². The highest BCUT2D eigenvalue weighted by Gasteiger charge is 2.21. The SMILES string of the molecule is Cc1cccc(COCc2ccccc2)c1-c1cc(OC[C@H](N)CC(C)C)nc(NS(=O)(=O)c2cccc(C(=O)O)c2)n1. The number of hydrogen-bond donors (Lipinski definition) is 3. The Kier molecular flexibility index (Phi) is 10.5. The van der Waals surface area contributed by atoms with Gasteiger partial charge in [0.2, 0.25) is 11.8 Å². The molecule has 4 rings (SSSR count). The fourth-order valence-electron chi connectivity index (χ4n) is 4.58. The number of nitrogens with two attached hydrogens (primary N) is 1. The molecule has 3 aromatic carbocycles. The number of carboxylic acid groups (broad SMARTS) is 1. The van der Waals surface area contributed by atoms with Gasteiger partial charge in [0, 0.05) is 17.7 Å². The molecule has 1 atom stereocenters. The Morgan fingerprint density at radius 1 is 0.977 bits per heavy atom. The Morgan fingerprint density at radius 3 is 2.44 bits per heavy atom. The molecule has 0 bridgehead atoms. The Balaban J connectivity index is 1.69. The lowest BCUT2D eigenvalue weighted by atomic mass is 9.99. The van der Waals surface area contributed by atoms with Crippen LogP contribution in [0.1, 0.15) is 47.3 Å². The van der Waals surface area contributed by atoms with E-state index in [1.54, 1.807) is 6.07 Å². The molecule has 1 aromatic heterocycles. The van der Waals surface area contributed by atoms with Gasteiger partial charge in [-0.2, -0.15) is 4.98 Å². The molecule has 0 aliphatic rings. The van der Waals surface area contributed by atoms with Crippen LogP contribution in [0.2, 0.25) is 0 Å². The zero-order chi connectivity index (χ0) is 31.0. The van der Waals surface area contributed by atoms with Gasteiger partial charge in [-0.05, 0) is 54.2 Å². The maximum atomic E-state index is 13.3. The summed E-state index contributed by atoms with van der Waals surface area (Å²) in [6.45, 7) is 6.93. The van der Waals surface area contributed by atoms with Gasteiger partial charge in [0.15, 0.2) is 0 Å². The van der Waals surface area contributed by atoms with Crippen LogP contribution < -0.4 is 15.2 Å². The van der Waals surface area contributed by atoms with Gasteiger partial charge in [0.25, 0.3) is 10.0 Å². The molecule has 43 heavy (non-hydrogen) atoms. The lowest BCUT2D eigenvalue weighted by molar-refractivity contribution is 0.0696. The number of aromatic carboxylic acids is 1. The lowest BCUT2D eigenvalue weighted by Crippen LogP contribution is -2.29. The Bertz CT molecular complexity index is 1660. The van der Waals surface area contributed by atoms with Gasteiger partial charge in [-0.25, -0.2) is 22.9 Å². The van der Waals surface area contributed by atoms with E-state index in [4.69, 9.17) is 15.2 Å². The van der Waals surface area contributed by atoms with Gasteiger partial charge < -0.3 is 20.3 Å². The first-order valence-corrected chi connectivity index (χ1v) is 15.3. The highest BCUT2D eigenvalue weighted by atomic mass is 32.2. The van der Waals surface area contributed by atoms with Gasteiger partial charge in [0.05, 0.1) is 29.4 Å². The van der Waals surface area contributed by atoms with Crippen molar-refractivity contribution in [2.75, 3.05) is 11.3 Å². The number of rotatable bonds is 14. The van der Waals surface area contributed by atoms with Crippen LogP contribution >= 0.6 is 0 Å². The van der Waals surface area contributed by atoms with Crippen molar-refractivity contribution < 1.29 is 27.8 Å². The highest BCUT2D eigenvalue weighted by Crippen LogP contribution is 2.30. The van der Waals surface area contributed by atoms with Crippen LogP contribution in [0.3, 0.4) is 0 Å². The molecule has 0 fully saturated rings. The number of aryl methyl sites for hydroxylation is 1. The molecular formula is C32H36N4O6S. The van der Waals surface area contributed by atoms with E-state index in [1.165, 1.54) is 18.2 Å². The van der Waals surface area contributed by atoms with Crippen molar-refractivity contribution >= 4 is 21.9 Å². The van der Waals surface area contributed by atoms with Crippen molar-refractivity contribution in [1.29, 1.82) is 0 Å². The Labute approximate surface area is 252 Å². The number of hydrogen-bond acceptors (Lipinski definition) is 8. The van der Waals surface area contributed by atoms with Crippen molar-refractivity contribution in [2.24, 2.45) is 11.7 Å². The number of anilines is 1. The number of nitrogens with zero attached hydrogens (tertiary/aromatic N) is 2. The summed E-state index contributed by atoms with van der Waals surface area (Å²) in [6, 6.07) is 22.0. The van der Waals surface area contributed by atoms with Crippen LogP contribution in [0.5, 0.6) is 5.88 Å². The van der Waals surface area contributed by atoms with Crippen molar-refractivity contribution in [3.8, 4) is 17.1 Å². The molecule has 0 saturated carbocycles. The third-order valence-electron chi connectivity index (χ3n) is 6.52. The predicted molar refractivity (Wildman–Crippen MR) is 164 cm³/mol. The van der Waals surface area contributed by atoms with E-state index in [9.17, 15) is 18.3 Å². The van der Waals surface area contributed by atoms with E-state index in [-0.39, 0.29) is 41.5 Å². The third-order valence-corrected chi connectivity index (χ3v) is 7.85. The number of carboxylic acids is 1.